The van der Waals surface area contributed by atoms with Crippen molar-refractivity contribution in [2.45, 2.75) is 25.4 Å². The molecule has 5 nitrogen and oxygen atoms in total. The molecule has 2 rings (SSSR count). The average Bonchev–Trinajstić information content (AvgIpc) is 2.35. The minimum atomic E-state index is -0.982. The first kappa shape index (κ1) is 12.7. The highest BCUT2D eigenvalue weighted by Crippen LogP contribution is 2.31. The molecule has 98 valence electrons. The van der Waals surface area contributed by atoms with E-state index in [-0.39, 0.29) is 6.42 Å². The molecule has 0 aliphatic carbocycles. The summed E-state index contributed by atoms with van der Waals surface area (Å²) in [6, 6.07) is 5.62. The molecule has 5 heteroatoms. The summed E-state index contributed by atoms with van der Waals surface area (Å²) in [5, 5.41) is 18.0. The van der Waals surface area contributed by atoms with Gasteiger partial charge in [0.05, 0.1) is 12.5 Å². The molecule has 1 heterocycles. The molecule has 0 bridgehead atoms. The van der Waals surface area contributed by atoms with E-state index in [9.17, 15) is 9.90 Å². The van der Waals surface area contributed by atoms with E-state index in [2.05, 4.69) is 0 Å². The summed E-state index contributed by atoms with van der Waals surface area (Å²) in [4.78, 5) is 10.4. The molecule has 1 unspecified atom stereocenters. The van der Waals surface area contributed by atoms with Crippen LogP contribution in [0.3, 0.4) is 0 Å². The van der Waals surface area contributed by atoms with Crippen molar-refractivity contribution in [3.8, 4) is 11.5 Å². The fourth-order valence-electron chi connectivity index (χ4n) is 1.88. The second-order valence-corrected chi connectivity index (χ2v) is 4.27. The van der Waals surface area contributed by atoms with Crippen LogP contribution in [-0.2, 0) is 11.2 Å². The predicted octanol–water partition coefficient (Wildman–Crippen LogP) is 1.23. The number of carbonyl (C=O) groups is 1. The van der Waals surface area contributed by atoms with Crippen molar-refractivity contribution < 1.29 is 24.5 Å². The monoisotopic (exact) mass is 252 g/mol. The van der Waals surface area contributed by atoms with Crippen molar-refractivity contribution in [1.29, 1.82) is 0 Å². The lowest BCUT2D eigenvalue weighted by molar-refractivity contribution is -0.139. The van der Waals surface area contributed by atoms with Gasteiger partial charge < -0.3 is 19.7 Å². The number of rotatable bonds is 5. The summed E-state index contributed by atoms with van der Waals surface area (Å²) in [7, 11) is 0. The van der Waals surface area contributed by atoms with Crippen LogP contribution in [0, 0.1) is 0 Å². The van der Waals surface area contributed by atoms with Crippen molar-refractivity contribution in [3.63, 3.8) is 0 Å². The Morgan fingerprint density at radius 3 is 2.72 bits per heavy atom. The van der Waals surface area contributed by atoms with E-state index in [1.165, 1.54) is 0 Å². The van der Waals surface area contributed by atoms with Crippen molar-refractivity contribution in [2.75, 3.05) is 13.2 Å². The van der Waals surface area contributed by atoms with Crippen LogP contribution in [0.5, 0.6) is 11.5 Å². The van der Waals surface area contributed by atoms with Crippen LogP contribution in [0.25, 0.3) is 0 Å². The lowest BCUT2D eigenvalue weighted by atomic mass is 10.0. The van der Waals surface area contributed by atoms with Crippen LogP contribution >= 0.6 is 0 Å². The van der Waals surface area contributed by atoms with E-state index < -0.39 is 12.1 Å². The lowest BCUT2D eigenvalue weighted by Crippen LogP contribution is -2.16. The van der Waals surface area contributed by atoms with E-state index >= 15 is 0 Å². The van der Waals surface area contributed by atoms with Gasteiger partial charge in [0, 0.05) is 0 Å². The third kappa shape index (κ3) is 3.37. The van der Waals surface area contributed by atoms with Gasteiger partial charge in [-0.2, -0.15) is 0 Å². The molecule has 1 aromatic rings. The molecular formula is C13H16O5. The Morgan fingerprint density at radius 2 is 2.00 bits per heavy atom. The molecule has 0 saturated carbocycles. The quantitative estimate of drug-likeness (QED) is 0.824. The smallest absolute Gasteiger partial charge is 0.305 e. The van der Waals surface area contributed by atoms with Gasteiger partial charge in [-0.25, -0.2) is 0 Å². The number of carboxylic acid groups (broad SMARTS) is 1. The van der Waals surface area contributed by atoms with Gasteiger partial charge in [-0.3, -0.25) is 4.79 Å². The summed E-state index contributed by atoms with van der Waals surface area (Å²) in [6.07, 6.45) is 0.0115. The number of aliphatic hydroxyl groups is 1. The largest absolute Gasteiger partial charge is 0.486 e. The van der Waals surface area contributed by atoms with Crippen LogP contribution in [0.1, 0.15) is 18.4 Å². The number of carboxylic acids is 1. The molecule has 0 spiro atoms. The number of hydrogen-bond donors (Lipinski definition) is 2. The Bertz CT molecular complexity index is 429. The van der Waals surface area contributed by atoms with Crippen LogP contribution in [0.2, 0.25) is 0 Å². The standard InChI is InChI=1S/C13H16O5/c14-10(8-13(15)16)3-1-9-2-4-11-12(7-9)18-6-5-17-11/h2,4,7,10,14H,1,3,5-6,8H2,(H,15,16). The van der Waals surface area contributed by atoms with Gasteiger partial charge >= 0.3 is 5.97 Å². The maximum Gasteiger partial charge on any atom is 0.305 e. The highest BCUT2D eigenvalue weighted by molar-refractivity contribution is 5.67. The number of ether oxygens (including phenoxy) is 2. The van der Waals surface area contributed by atoms with Crippen molar-refractivity contribution in [1.82, 2.24) is 0 Å². The first-order valence-electron chi connectivity index (χ1n) is 5.93. The number of benzene rings is 1. The maximum absolute atomic E-state index is 10.4. The van der Waals surface area contributed by atoms with Gasteiger partial charge in [-0.1, -0.05) is 6.07 Å². The normalized spacial score (nSPS) is 15.2. The molecule has 0 amide bonds. The van der Waals surface area contributed by atoms with Crippen molar-refractivity contribution in [3.05, 3.63) is 23.8 Å². The van der Waals surface area contributed by atoms with Crippen LogP contribution in [-0.4, -0.2) is 35.5 Å². The van der Waals surface area contributed by atoms with Crippen molar-refractivity contribution in [2.24, 2.45) is 0 Å². The molecule has 0 fully saturated rings. The SMILES string of the molecule is O=C(O)CC(O)CCc1ccc2c(c1)OCCO2. The topological polar surface area (TPSA) is 76.0 Å². The Balaban J connectivity index is 1.91. The van der Waals surface area contributed by atoms with Gasteiger partial charge in [-0.15, -0.1) is 0 Å². The maximum atomic E-state index is 10.4. The molecule has 1 aliphatic heterocycles. The Labute approximate surface area is 105 Å². The summed E-state index contributed by atoms with van der Waals surface area (Å²) < 4.78 is 10.9. The molecule has 18 heavy (non-hydrogen) atoms. The number of aliphatic hydroxyl groups excluding tert-OH is 1. The van der Waals surface area contributed by atoms with E-state index in [1.54, 1.807) is 0 Å². The molecule has 1 atom stereocenters. The average molecular weight is 252 g/mol. The fourth-order valence-corrected chi connectivity index (χ4v) is 1.88. The summed E-state index contributed by atoms with van der Waals surface area (Å²) in [5.74, 6) is 0.465. The van der Waals surface area contributed by atoms with Crippen LogP contribution in [0.4, 0.5) is 0 Å². The zero-order valence-electron chi connectivity index (χ0n) is 9.96. The van der Waals surface area contributed by atoms with Crippen molar-refractivity contribution >= 4 is 5.97 Å². The fraction of sp³-hybridized carbons (Fsp3) is 0.462. The van der Waals surface area contributed by atoms with E-state index in [0.29, 0.717) is 31.8 Å². The second-order valence-electron chi connectivity index (χ2n) is 4.27. The van der Waals surface area contributed by atoms with Gasteiger partial charge in [0.2, 0.25) is 0 Å². The molecule has 2 N–H and O–H groups in total. The van der Waals surface area contributed by atoms with E-state index in [0.717, 1.165) is 11.3 Å². The Morgan fingerprint density at radius 1 is 1.28 bits per heavy atom. The van der Waals surface area contributed by atoms with Crippen LogP contribution in [0.15, 0.2) is 18.2 Å². The number of aliphatic carboxylic acids is 1. The minimum absolute atomic E-state index is 0.218. The zero-order chi connectivity index (χ0) is 13.0. The minimum Gasteiger partial charge on any atom is -0.486 e. The molecule has 0 radical (unpaired) electrons. The second kappa shape index (κ2) is 5.73. The Hall–Kier alpha value is -1.75. The molecule has 0 saturated heterocycles. The highest BCUT2D eigenvalue weighted by atomic mass is 16.6. The van der Waals surface area contributed by atoms with Crippen LogP contribution < -0.4 is 9.47 Å². The van der Waals surface area contributed by atoms with Gasteiger partial charge in [0.15, 0.2) is 11.5 Å². The third-order valence-electron chi connectivity index (χ3n) is 2.78. The van der Waals surface area contributed by atoms with E-state index in [4.69, 9.17) is 14.6 Å². The Kier molecular flexibility index (Phi) is 4.04. The number of aryl methyl sites for hydroxylation is 1. The molecule has 1 aliphatic rings. The number of fused-ring (bicyclic) bond motifs is 1. The van der Waals surface area contributed by atoms with Gasteiger partial charge in [0.25, 0.3) is 0 Å². The predicted molar refractivity (Wildman–Crippen MR) is 64.0 cm³/mol. The molecule has 0 aromatic heterocycles. The van der Waals surface area contributed by atoms with E-state index in [1.807, 2.05) is 18.2 Å². The third-order valence-corrected chi connectivity index (χ3v) is 2.78. The first-order chi connectivity index (χ1) is 8.65. The first-order valence-corrected chi connectivity index (χ1v) is 5.93. The molecule has 1 aromatic carbocycles. The molecular weight excluding hydrogens is 236 g/mol. The zero-order valence-corrected chi connectivity index (χ0v) is 9.96. The van der Waals surface area contributed by atoms with Gasteiger partial charge in [-0.05, 0) is 30.5 Å². The lowest BCUT2D eigenvalue weighted by Gasteiger charge is -2.19. The summed E-state index contributed by atoms with van der Waals surface area (Å²) in [6.45, 7) is 1.10. The number of hydrogen-bond acceptors (Lipinski definition) is 4. The summed E-state index contributed by atoms with van der Waals surface area (Å²) in [5.41, 5.74) is 1.00. The highest BCUT2D eigenvalue weighted by Gasteiger charge is 2.13. The van der Waals surface area contributed by atoms with Gasteiger partial charge in [0.1, 0.15) is 13.2 Å². The summed E-state index contributed by atoms with van der Waals surface area (Å²) >= 11 is 0.